The highest BCUT2D eigenvalue weighted by atomic mass is 16.5. The number of carbonyl (C=O) groups is 2. The van der Waals surface area contributed by atoms with Gasteiger partial charge in [0.2, 0.25) is 0 Å². The third-order valence-electron chi connectivity index (χ3n) is 4.25. The fourth-order valence-electron chi connectivity index (χ4n) is 2.65. The van der Waals surface area contributed by atoms with E-state index in [9.17, 15) is 9.59 Å². The Labute approximate surface area is 174 Å². The SMILES string of the molecule is COc1ccc(/C=N\NC(=O)c2ccc(NC(=O)c3ccccc3)cc2)c(OC)c1. The zero-order valence-corrected chi connectivity index (χ0v) is 16.6. The van der Waals surface area contributed by atoms with Crippen LogP contribution < -0.4 is 20.2 Å². The van der Waals surface area contributed by atoms with Crippen LogP contribution in [0, 0.1) is 0 Å². The summed E-state index contributed by atoms with van der Waals surface area (Å²) in [6, 6.07) is 20.7. The topological polar surface area (TPSA) is 89.0 Å². The number of anilines is 1. The highest BCUT2D eigenvalue weighted by Gasteiger charge is 2.08. The van der Waals surface area contributed by atoms with Crippen LogP contribution >= 0.6 is 0 Å². The molecular weight excluding hydrogens is 382 g/mol. The summed E-state index contributed by atoms with van der Waals surface area (Å²) in [5, 5.41) is 6.76. The van der Waals surface area contributed by atoms with Gasteiger partial charge < -0.3 is 14.8 Å². The lowest BCUT2D eigenvalue weighted by atomic mass is 10.1. The molecule has 0 spiro atoms. The highest BCUT2D eigenvalue weighted by Crippen LogP contribution is 2.23. The summed E-state index contributed by atoms with van der Waals surface area (Å²) < 4.78 is 10.4. The van der Waals surface area contributed by atoms with Gasteiger partial charge in [-0.1, -0.05) is 18.2 Å². The normalized spacial score (nSPS) is 10.5. The first-order valence-electron chi connectivity index (χ1n) is 9.12. The molecule has 0 unspecified atom stereocenters. The van der Waals surface area contributed by atoms with Crippen molar-refractivity contribution in [1.82, 2.24) is 5.43 Å². The Morgan fingerprint density at radius 3 is 2.20 bits per heavy atom. The second kappa shape index (κ2) is 9.88. The molecule has 0 saturated heterocycles. The predicted octanol–water partition coefficient (Wildman–Crippen LogP) is 3.72. The van der Waals surface area contributed by atoms with Gasteiger partial charge in [-0.05, 0) is 48.5 Å². The van der Waals surface area contributed by atoms with Crippen molar-refractivity contribution in [3.63, 3.8) is 0 Å². The van der Waals surface area contributed by atoms with Crippen molar-refractivity contribution in [3.8, 4) is 11.5 Å². The fraction of sp³-hybridized carbons (Fsp3) is 0.0870. The molecule has 0 aliphatic carbocycles. The molecule has 0 radical (unpaired) electrons. The molecule has 30 heavy (non-hydrogen) atoms. The number of methoxy groups -OCH3 is 2. The smallest absolute Gasteiger partial charge is 0.271 e. The predicted molar refractivity (Wildman–Crippen MR) is 115 cm³/mol. The Morgan fingerprint density at radius 2 is 1.53 bits per heavy atom. The summed E-state index contributed by atoms with van der Waals surface area (Å²) in [5.74, 6) is 0.642. The minimum Gasteiger partial charge on any atom is -0.497 e. The van der Waals surface area contributed by atoms with Crippen molar-refractivity contribution < 1.29 is 19.1 Å². The van der Waals surface area contributed by atoms with Crippen molar-refractivity contribution in [3.05, 3.63) is 89.5 Å². The number of carbonyl (C=O) groups excluding carboxylic acids is 2. The van der Waals surface area contributed by atoms with Crippen molar-refractivity contribution in [2.75, 3.05) is 19.5 Å². The molecule has 0 aliphatic rings. The Hall–Kier alpha value is -4.13. The van der Waals surface area contributed by atoms with E-state index < -0.39 is 0 Å². The minimum absolute atomic E-state index is 0.217. The van der Waals surface area contributed by atoms with Gasteiger partial charge in [0.1, 0.15) is 11.5 Å². The largest absolute Gasteiger partial charge is 0.497 e. The summed E-state index contributed by atoms with van der Waals surface area (Å²) in [4.78, 5) is 24.5. The van der Waals surface area contributed by atoms with E-state index in [4.69, 9.17) is 9.47 Å². The van der Waals surface area contributed by atoms with Gasteiger partial charge in [0.05, 0.1) is 20.4 Å². The summed E-state index contributed by atoms with van der Waals surface area (Å²) in [6.45, 7) is 0. The first kappa shape index (κ1) is 20.6. The maximum Gasteiger partial charge on any atom is 0.271 e. The third kappa shape index (κ3) is 5.23. The van der Waals surface area contributed by atoms with E-state index in [0.29, 0.717) is 33.9 Å². The van der Waals surface area contributed by atoms with Gasteiger partial charge in [-0.25, -0.2) is 5.43 Å². The maximum absolute atomic E-state index is 12.3. The van der Waals surface area contributed by atoms with Gasteiger partial charge in [-0.2, -0.15) is 5.10 Å². The van der Waals surface area contributed by atoms with Crippen LogP contribution in [0.5, 0.6) is 11.5 Å². The van der Waals surface area contributed by atoms with Gasteiger partial charge >= 0.3 is 0 Å². The lowest BCUT2D eigenvalue weighted by molar-refractivity contribution is 0.0954. The maximum atomic E-state index is 12.3. The number of nitrogens with zero attached hydrogens (tertiary/aromatic N) is 1. The van der Waals surface area contributed by atoms with E-state index >= 15 is 0 Å². The van der Waals surface area contributed by atoms with Gasteiger partial charge in [-0.15, -0.1) is 0 Å². The van der Waals surface area contributed by atoms with E-state index in [1.165, 1.54) is 6.21 Å². The first-order chi connectivity index (χ1) is 14.6. The molecule has 0 fully saturated rings. The third-order valence-corrected chi connectivity index (χ3v) is 4.25. The second-order valence-corrected chi connectivity index (χ2v) is 6.20. The molecule has 0 saturated carbocycles. The van der Waals surface area contributed by atoms with Crippen LogP contribution in [0.25, 0.3) is 0 Å². The minimum atomic E-state index is -0.375. The van der Waals surface area contributed by atoms with E-state index in [0.717, 1.165) is 0 Å². The summed E-state index contributed by atoms with van der Waals surface area (Å²) in [5.41, 5.74) is 4.72. The molecule has 0 aliphatic heterocycles. The summed E-state index contributed by atoms with van der Waals surface area (Å²) in [6.07, 6.45) is 1.49. The van der Waals surface area contributed by atoms with Crippen molar-refractivity contribution >= 4 is 23.7 Å². The van der Waals surface area contributed by atoms with Gasteiger partial charge in [0.25, 0.3) is 11.8 Å². The fourth-order valence-corrected chi connectivity index (χ4v) is 2.65. The van der Waals surface area contributed by atoms with E-state index in [2.05, 4.69) is 15.8 Å². The molecule has 3 rings (SSSR count). The van der Waals surface area contributed by atoms with E-state index in [1.54, 1.807) is 80.9 Å². The molecule has 2 amide bonds. The number of rotatable bonds is 7. The van der Waals surface area contributed by atoms with E-state index in [-0.39, 0.29) is 11.8 Å². The van der Waals surface area contributed by atoms with Crippen LogP contribution in [0.1, 0.15) is 26.3 Å². The molecule has 152 valence electrons. The lowest BCUT2D eigenvalue weighted by Crippen LogP contribution is -2.18. The standard InChI is InChI=1S/C23H21N3O4/c1-29-20-13-10-18(21(14-20)30-2)15-24-26-23(28)17-8-11-19(12-9-17)25-22(27)16-6-4-3-5-7-16/h3-15H,1-2H3,(H,25,27)(H,26,28)/b24-15-. The Kier molecular flexibility index (Phi) is 6.78. The number of amides is 2. The molecule has 3 aromatic rings. The molecule has 2 N–H and O–H groups in total. The number of hydrazone groups is 1. The van der Waals surface area contributed by atoms with Gasteiger partial charge in [0, 0.05) is 28.4 Å². The van der Waals surface area contributed by atoms with Crippen molar-refractivity contribution in [2.45, 2.75) is 0 Å². The molecule has 7 nitrogen and oxygen atoms in total. The van der Waals surface area contributed by atoms with Gasteiger partial charge in [-0.3, -0.25) is 9.59 Å². The Balaban J connectivity index is 1.60. The van der Waals surface area contributed by atoms with Crippen molar-refractivity contribution in [1.29, 1.82) is 0 Å². The Bertz CT molecular complexity index is 1050. The van der Waals surface area contributed by atoms with Crippen LogP contribution in [0.4, 0.5) is 5.69 Å². The van der Waals surface area contributed by atoms with Crippen LogP contribution in [0.2, 0.25) is 0 Å². The molecule has 0 bridgehead atoms. The molecule has 0 atom stereocenters. The zero-order valence-electron chi connectivity index (χ0n) is 16.6. The number of ether oxygens (including phenoxy) is 2. The van der Waals surface area contributed by atoms with Crippen LogP contribution in [-0.4, -0.2) is 32.2 Å². The molecule has 7 heteroatoms. The second-order valence-electron chi connectivity index (χ2n) is 6.20. The highest BCUT2D eigenvalue weighted by molar-refractivity contribution is 6.04. The van der Waals surface area contributed by atoms with Crippen LogP contribution in [-0.2, 0) is 0 Å². The van der Waals surface area contributed by atoms with Crippen LogP contribution in [0.3, 0.4) is 0 Å². The molecule has 3 aromatic carbocycles. The first-order valence-corrected chi connectivity index (χ1v) is 9.12. The average molecular weight is 403 g/mol. The monoisotopic (exact) mass is 403 g/mol. The Morgan fingerprint density at radius 1 is 0.833 bits per heavy atom. The summed E-state index contributed by atoms with van der Waals surface area (Å²) in [7, 11) is 3.12. The molecule has 0 heterocycles. The number of hydrogen-bond acceptors (Lipinski definition) is 5. The number of hydrogen-bond donors (Lipinski definition) is 2. The zero-order chi connectivity index (χ0) is 21.3. The molecule has 0 aromatic heterocycles. The average Bonchev–Trinajstić information content (AvgIpc) is 2.80. The molecular formula is C23H21N3O4. The summed E-state index contributed by atoms with van der Waals surface area (Å²) >= 11 is 0. The van der Waals surface area contributed by atoms with Crippen molar-refractivity contribution in [2.24, 2.45) is 5.10 Å². The number of benzene rings is 3. The van der Waals surface area contributed by atoms with E-state index in [1.807, 2.05) is 6.07 Å². The van der Waals surface area contributed by atoms with Crippen LogP contribution in [0.15, 0.2) is 77.9 Å². The lowest BCUT2D eigenvalue weighted by Gasteiger charge is -2.07. The number of nitrogens with one attached hydrogen (secondary N) is 2. The van der Waals surface area contributed by atoms with Gasteiger partial charge in [0.15, 0.2) is 0 Å². The quantitative estimate of drug-likeness (QED) is 0.465.